The van der Waals surface area contributed by atoms with Gasteiger partial charge in [0.25, 0.3) is 0 Å². The van der Waals surface area contributed by atoms with Crippen molar-refractivity contribution in [2.45, 2.75) is 38.8 Å². The van der Waals surface area contributed by atoms with Crippen LogP contribution in [-0.4, -0.2) is 42.9 Å². The summed E-state index contributed by atoms with van der Waals surface area (Å²) < 4.78 is 4.92. The molecule has 1 aliphatic rings. The van der Waals surface area contributed by atoms with Crippen LogP contribution in [-0.2, 0) is 17.7 Å². The summed E-state index contributed by atoms with van der Waals surface area (Å²) >= 11 is 0. The molecule has 1 amide bonds. The lowest BCUT2D eigenvalue weighted by Crippen LogP contribution is -2.40. The van der Waals surface area contributed by atoms with E-state index in [-0.39, 0.29) is 18.7 Å². The van der Waals surface area contributed by atoms with Crippen LogP contribution < -0.4 is 5.32 Å². The molecule has 0 saturated carbocycles. The smallest absolute Gasteiger partial charge is 0.410 e. The summed E-state index contributed by atoms with van der Waals surface area (Å²) in [4.78, 5) is 13.8. The third-order valence-electron chi connectivity index (χ3n) is 4.15. The fraction of sp³-hybridized carbons (Fsp3) is 0.588. The number of hydrogen-bond acceptors (Lipinski definition) is 4. The summed E-state index contributed by atoms with van der Waals surface area (Å²) in [6, 6.07) is 6.57. The van der Waals surface area contributed by atoms with Crippen molar-refractivity contribution in [1.82, 2.24) is 10.2 Å². The summed E-state index contributed by atoms with van der Waals surface area (Å²) in [7, 11) is 1.44. The van der Waals surface area contributed by atoms with Gasteiger partial charge in [-0.2, -0.15) is 0 Å². The van der Waals surface area contributed by atoms with Crippen LogP contribution in [0, 0.1) is 0 Å². The van der Waals surface area contributed by atoms with Gasteiger partial charge in [0.05, 0.1) is 19.8 Å². The minimum atomic E-state index is -0.238. The number of carbonyl (C=O) groups excluding carboxylic acids is 1. The highest BCUT2D eigenvalue weighted by atomic mass is 16.5. The van der Waals surface area contributed by atoms with Crippen LogP contribution in [0.5, 0.6) is 0 Å². The van der Waals surface area contributed by atoms with Crippen LogP contribution in [0.4, 0.5) is 4.79 Å². The van der Waals surface area contributed by atoms with E-state index in [2.05, 4.69) is 30.4 Å². The average molecular weight is 306 g/mol. The summed E-state index contributed by atoms with van der Waals surface area (Å²) in [6.45, 7) is 4.35. The summed E-state index contributed by atoms with van der Waals surface area (Å²) in [5, 5.41) is 12.0. The summed E-state index contributed by atoms with van der Waals surface area (Å²) in [5.74, 6) is 0. The second-order valence-corrected chi connectivity index (χ2v) is 5.65. The first-order valence-corrected chi connectivity index (χ1v) is 7.99. The molecular formula is C17H26N2O3. The van der Waals surface area contributed by atoms with Gasteiger partial charge in [0.2, 0.25) is 0 Å². The van der Waals surface area contributed by atoms with E-state index in [9.17, 15) is 4.79 Å². The van der Waals surface area contributed by atoms with E-state index < -0.39 is 0 Å². The van der Waals surface area contributed by atoms with E-state index >= 15 is 0 Å². The molecule has 0 bridgehead atoms. The van der Waals surface area contributed by atoms with Gasteiger partial charge in [-0.1, -0.05) is 31.5 Å². The van der Waals surface area contributed by atoms with E-state index in [1.54, 1.807) is 0 Å². The molecule has 22 heavy (non-hydrogen) atoms. The number of carbonyl (C=O) groups is 1. The molecule has 5 nitrogen and oxygen atoms in total. The van der Waals surface area contributed by atoms with Gasteiger partial charge in [-0.15, -0.1) is 0 Å². The molecule has 0 spiro atoms. The van der Waals surface area contributed by atoms with Crippen LogP contribution in [0.15, 0.2) is 18.2 Å². The van der Waals surface area contributed by atoms with E-state index in [1.165, 1.54) is 23.8 Å². The largest absolute Gasteiger partial charge is 0.453 e. The van der Waals surface area contributed by atoms with Crippen LogP contribution in [0.25, 0.3) is 0 Å². The highest BCUT2D eigenvalue weighted by Gasteiger charge is 2.30. The minimum Gasteiger partial charge on any atom is -0.453 e. The Balaban J connectivity index is 2.19. The van der Waals surface area contributed by atoms with Crippen molar-refractivity contribution in [3.63, 3.8) is 0 Å². The molecule has 2 rings (SSSR count). The second kappa shape index (κ2) is 8.15. The number of aliphatic hydroxyl groups is 1. The van der Waals surface area contributed by atoms with Crippen molar-refractivity contribution in [3.8, 4) is 0 Å². The van der Waals surface area contributed by atoms with E-state index in [0.717, 1.165) is 25.8 Å². The molecule has 1 heterocycles. The maximum atomic E-state index is 12.0. The molecule has 0 fully saturated rings. The Labute approximate surface area is 132 Å². The Kier molecular flexibility index (Phi) is 6.21. The van der Waals surface area contributed by atoms with Crippen LogP contribution in [0.3, 0.4) is 0 Å². The van der Waals surface area contributed by atoms with Crippen LogP contribution >= 0.6 is 0 Å². The number of benzene rings is 1. The third-order valence-corrected chi connectivity index (χ3v) is 4.15. The Morgan fingerprint density at radius 2 is 2.32 bits per heavy atom. The number of fused-ring (bicyclic) bond motifs is 1. The first-order valence-electron chi connectivity index (χ1n) is 7.99. The van der Waals surface area contributed by atoms with Crippen molar-refractivity contribution in [2.24, 2.45) is 0 Å². The van der Waals surface area contributed by atoms with Gasteiger partial charge in [0.15, 0.2) is 0 Å². The maximum Gasteiger partial charge on any atom is 0.410 e. The predicted molar refractivity (Wildman–Crippen MR) is 85.7 cm³/mol. The molecule has 0 saturated heterocycles. The van der Waals surface area contributed by atoms with Crippen LogP contribution in [0.1, 0.15) is 42.5 Å². The third kappa shape index (κ3) is 3.78. The van der Waals surface area contributed by atoms with Crippen LogP contribution in [0.2, 0.25) is 0 Å². The fourth-order valence-electron chi connectivity index (χ4n) is 3.11. The lowest BCUT2D eigenvalue weighted by molar-refractivity contribution is 0.0981. The van der Waals surface area contributed by atoms with E-state index in [0.29, 0.717) is 13.1 Å². The highest BCUT2D eigenvalue weighted by molar-refractivity contribution is 5.69. The molecule has 0 aliphatic carbocycles. The highest BCUT2D eigenvalue weighted by Crippen LogP contribution is 2.34. The number of hydrogen-bond donors (Lipinski definition) is 2. The van der Waals surface area contributed by atoms with Gasteiger partial charge < -0.3 is 20.1 Å². The SMILES string of the molecule is CCCC1c2ccc(CNCCO)cc2CCN1C(=O)OC. The monoisotopic (exact) mass is 306 g/mol. The normalized spacial score (nSPS) is 17.2. The number of ether oxygens (including phenoxy) is 1. The van der Waals surface area contributed by atoms with Crippen molar-refractivity contribution in [1.29, 1.82) is 0 Å². The Morgan fingerprint density at radius 3 is 3.00 bits per heavy atom. The molecule has 1 aromatic carbocycles. The summed E-state index contributed by atoms with van der Waals surface area (Å²) in [6.07, 6.45) is 2.60. The molecule has 0 aromatic heterocycles. The number of rotatable bonds is 6. The number of amides is 1. The zero-order chi connectivity index (χ0) is 15.9. The fourth-order valence-corrected chi connectivity index (χ4v) is 3.11. The molecule has 0 radical (unpaired) electrons. The van der Waals surface area contributed by atoms with Gasteiger partial charge in [0.1, 0.15) is 0 Å². The molecule has 1 unspecified atom stereocenters. The van der Waals surface area contributed by atoms with Crippen molar-refractivity contribution < 1.29 is 14.6 Å². The minimum absolute atomic E-state index is 0.112. The maximum absolute atomic E-state index is 12.0. The molecule has 5 heteroatoms. The van der Waals surface area contributed by atoms with E-state index in [4.69, 9.17) is 9.84 Å². The second-order valence-electron chi connectivity index (χ2n) is 5.65. The topological polar surface area (TPSA) is 61.8 Å². The Morgan fingerprint density at radius 1 is 1.50 bits per heavy atom. The Hall–Kier alpha value is -1.59. The van der Waals surface area contributed by atoms with Gasteiger partial charge in [-0.3, -0.25) is 0 Å². The number of aliphatic hydroxyl groups excluding tert-OH is 1. The number of nitrogens with one attached hydrogen (secondary N) is 1. The first kappa shape index (κ1) is 16.8. The van der Waals surface area contributed by atoms with Gasteiger partial charge in [-0.25, -0.2) is 4.79 Å². The van der Waals surface area contributed by atoms with Crippen molar-refractivity contribution in [3.05, 3.63) is 34.9 Å². The Bertz CT molecular complexity index is 505. The molecule has 122 valence electrons. The quantitative estimate of drug-likeness (QED) is 0.791. The van der Waals surface area contributed by atoms with Gasteiger partial charge >= 0.3 is 6.09 Å². The predicted octanol–water partition coefficient (Wildman–Crippen LogP) is 2.23. The van der Waals surface area contributed by atoms with Crippen molar-refractivity contribution >= 4 is 6.09 Å². The standard InChI is InChI=1S/C17H26N2O3/c1-3-4-16-15-6-5-13(12-18-8-10-20)11-14(15)7-9-19(16)17(21)22-2/h5-6,11,16,18,20H,3-4,7-10,12H2,1-2H3. The van der Waals surface area contributed by atoms with Gasteiger partial charge in [-0.05, 0) is 29.5 Å². The van der Waals surface area contributed by atoms with Crippen molar-refractivity contribution in [2.75, 3.05) is 26.8 Å². The average Bonchev–Trinajstić information content (AvgIpc) is 2.54. The molecule has 1 atom stereocenters. The zero-order valence-electron chi connectivity index (χ0n) is 13.5. The summed E-state index contributed by atoms with van der Waals surface area (Å²) in [5.41, 5.74) is 3.78. The number of methoxy groups -OCH3 is 1. The first-order chi connectivity index (χ1) is 10.7. The van der Waals surface area contributed by atoms with Gasteiger partial charge in [0, 0.05) is 19.6 Å². The lowest BCUT2D eigenvalue weighted by Gasteiger charge is -2.36. The molecule has 1 aromatic rings. The molecule has 1 aliphatic heterocycles. The zero-order valence-corrected chi connectivity index (χ0v) is 13.5. The lowest BCUT2D eigenvalue weighted by atomic mass is 9.89. The molecule has 2 N–H and O–H groups in total. The van der Waals surface area contributed by atoms with E-state index in [1.807, 2.05) is 4.90 Å². The molecular weight excluding hydrogens is 280 g/mol. The number of nitrogens with zero attached hydrogens (tertiary/aromatic N) is 1.